The van der Waals surface area contributed by atoms with Crippen LogP contribution < -0.4 is 6.15 Å². The molecule has 0 bridgehead atoms. The first-order valence-electron chi connectivity index (χ1n) is 6.34. The lowest BCUT2D eigenvalue weighted by atomic mass is 9.96. The topological polar surface area (TPSA) is 299 Å². The fourth-order valence-electron chi connectivity index (χ4n) is 1.43. The van der Waals surface area contributed by atoms with E-state index in [0.29, 0.717) is 0 Å². The van der Waals surface area contributed by atoms with Crippen molar-refractivity contribution in [3.8, 4) is 0 Å². The van der Waals surface area contributed by atoms with Crippen LogP contribution in [0.2, 0.25) is 0 Å². The average molecular weight is 401 g/mol. The molecule has 15 nitrogen and oxygen atoms in total. The first-order chi connectivity index (χ1) is 11.6. The Balaban J connectivity index is -0.000000411. The predicted molar refractivity (Wildman–Crippen MR) is 79.2 cm³/mol. The second-order valence-corrected chi connectivity index (χ2v) is 4.96. The van der Waals surface area contributed by atoms with Crippen LogP contribution in [-0.4, -0.2) is 87.9 Å². The molecule has 0 fully saturated rings. The molecule has 0 atom stereocenters. The number of rotatable bonds is 10. The smallest absolute Gasteiger partial charge is 0.336 e. The van der Waals surface area contributed by atoms with Crippen molar-refractivity contribution in [1.29, 1.82) is 0 Å². The Bertz CT molecular complexity index is 513. The van der Waals surface area contributed by atoms with Crippen LogP contribution >= 0.6 is 0 Å². The molecule has 0 aliphatic heterocycles. The van der Waals surface area contributed by atoms with E-state index in [4.69, 9.17) is 40.9 Å². The number of aliphatic carboxylic acids is 6. The number of hydrogen-bond acceptors (Lipinski definition) is 9. The summed E-state index contributed by atoms with van der Waals surface area (Å²) in [5, 5.41) is 67.6. The molecule has 0 aliphatic rings. The summed E-state index contributed by atoms with van der Waals surface area (Å²) < 4.78 is 0. The molecular weight excluding hydrogens is 382 g/mol. The van der Waals surface area contributed by atoms with Crippen LogP contribution in [0.5, 0.6) is 0 Å². The molecule has 0 aromatic rings. The zero-order chi connectivity index (χ0) is 21.3. The van der Waals surface area contributed by atoms with Crippen molar-refractivity contribution in [2.45, 2.75) is 36.9 Å². The minimum atomic E-state index is -2.74. The standard InChI is InChI=1S/2C6H8O7.H3N/c2*7-3(8)1-6(13,5(11)12)2-4(9)10;/h2*13H,1-2H2,(H,7,8)(H,9,10)(H,11,12);1H3. The quantitative estimate of drug-likeness (QED) is 0.185. The lowest BCUT2D eigenvalue weighted by Crippen LogP contribution is -2.42. The number of carbonyl (C=O) groups is 6. The van der Waals surface area contributed by atoms with Gasteiger partial charge in [-0.05, 0) is 0 Å². The minimum absolute atomic E-state index is 0. The Kier molecular flexibility index (Phi) is 12.0. The second-order valence-electron chi connectivity index (χ2n) is 4.96. The van der Waals surface area contributed by atoms with E-state index in [1.54, 1.807) is 0 Å². The maximum absolute atomic E-state index is 10.3. The molecule has 0 saturated carbocycles. The van der Waals surface area contributed by atoms with Gasteiger partial charge in [-0.25, -0.2) is 9.59 Å². The average Bonchev–Trinajstić information content (AvgIpc) is 2.34. The fourth-order valence-corrected chi connectivity index (χ4v) is 1.43. The lowest BCUT2D eigenvalue weighted by Gasteiger charge is -2.18. The molecule has 0 aliphatic carbocycles. The maximum atomic E-state index is 10.3. The molecule has 0 radical (unpaired) electrons. The van der Waals surface area contributed by atoms with Crippen LogP contribution in [0.25, 0.3) is 0 Å². The maximum Gasteiger partial charge on any atom is 0.336 e. The van der Waals surface area contributed by atoms with Gasteiger partial charge in [0.05, 0.1) is 25.7 Å². The molecule has 0 spiro atoms. The molecule has 0 amide bonds. The highest BCUT2D eigenvalue weighted by molar-refractivity contribution is 5.88. The first kappa shape index (κ1) is 28.5. The fraction of sp³-hybridized carbons (Fsp3) is 0.500. The Hall–Kier alpha value is -3.30. The van der Waals surface area contributed by atoms with E-state index in [9.17, 15) is 28.8 Å². The van der Waals surface area contributed by atoms with Crippen LogP contribution in [0, 0.1) is 0 Å². The summed E-state index contributed by atoms with van der Waals surface area (Å²) >= 11 is 0. The highest BCUT2D eigenvalue weighted by Crippen LogP contribution is 2.16. The van der Waals surface area contributed by atoms with Gasteiger partial charge in [0, 0.05) is 0 Å². The molecule has 0 unspecified atom stereocenters. The SMILES string of the molecule is N.O=C(O)CC(O)(CC(=O)O)C(=O)O.O=C(O)CC(O)(CC(=O)O)C(=O)O. The van der Waals surface area contributed by atoms with E-state index in [2.05, 4.69) is 0 Å². The van der Waals surface area contributed by atoms with Crippen LogP contribution in [0.15, 0.2) is 0 Å². The number of carboxylic acids is 6. The predicted octanol–water partition coefficient (Wildman–Crippen LogP) is -2.33. The van der Waals surface area contributed by atoms with Crippen molar-refractivity contribution in [3.05, 3.63) is 0 Å². The van der Waals surface area contributed by atoms with Crippen LogP contribution in [0.3, 0.4) is 0 Å². The summed E-state index contributed by atoms with van der Waals surface area (Å²) in [5.41, 5.74) is -5.48. The molecule has 27 heavy (non-hydrogen) atoms. The summed E-state index contributed by atoms with van der Waals surface area (Å²) in [6.45, 7) is 0. The Morgan fingerprint density at radius 2 is 0.630 bits per heavy atom. The largest absolute Gasteiger partial charge is 0.481 e. The van der Waals surface area contributed by atoms with Gasteiger partial charge in [-0.1, -0.05) is 0 Å². The van der Waals surface area contributed by atoms with Crippen molar-refractivity contribution in [3.63, 3.8) is 0 Å². The number of hydrogen-bond donors (Lipinski definition) is 9. The third-order valence-corrected chi connectivity index (χ3v) is 2.57. The van der Waals surface area contributed by atoms with Crippen molar-refractivity contribution in [2.75, 3.05) is 0 Å². The number of aliphatic hydroxyl groups is 2. The summed E-state index contributed by atoms with van der Waals surface area (Å²) in [4.78, 5) is 61.0. The summed E-state index contributed by atoms with van der Waals surface area (Å²) in [7, 11) is 0. The molecule has 0 rings (SSSR count). The highest BCUT2D eigenvalue weighted by atomic mass is 16.4. The van der Waals surface area contributed by atoms with Gasteiger partial charge < -0.3 is 47.0 Å². The van der Waals surface area contributed by atoms with Crippen LogP contribution in [0.1, 0.15) is 25.7 Å². The zero-order valence-electron chi connectivity index (χ0n) is 13.6. The van der Waals surface area contributed by atoms with Gasteiger partial charge in [-0.3, -0.25) is 19.2 Å². The second kappa shape index (κ2) is 11.3. The summed E-state index contributed by atoms with van der Waals surface area (Å²) in [5.74, 6) is -10.0. The highest BCUT2D eigenvalue weighted by Gasteiger charge is 2.41. The normalized spacial score (nSPS) is 10.4. The molecule has 11 N–H and O–H groups in total. The molecule has 0 saturated heterocycles. The molecule has 15 heteroatoms. The van der Waals surface area contributed by atoms with Gasteiger partial charge in [-0.2, -0.15) is 0 Å². The van der Waals surface area contributed by atoms with E-state index < -0.39 is 72.7 Å². The van der Waals surface area contributed by atoms with Crippen molar-refractivity contribution in [1.82, 2.24) is 6.15 Å². The minimum Gasteiger partial charge on any atom is -0.481 e. The molecule has 156 valence electrons. The molecule has 0 aromatic carbocycles. The van der Waals surface area contributed by atoms with Gasteiger partial charge in [0.25, 0.3) is 0 Å². The van der Waals surface area contributed by atoms with Gasteiger partial charge in [-0.15, -0.1) is 0 Å². The Labute approximate surface area is 149 Å². The first-order valence-corrected chi connectivity index (χ1v) is 6.34. The van der Waals surface area contributed by atoms with Gasteiger partial charge in [0.1, 0.15) is 0 Å². The summed E-state index contributed by atoms with van der Waals surface area (Å²) in [6, 6.07) is 0. The van der Waals surface area contributed by atoms with Crippen molar-refractivity contribution >= 4 is 35.8 Å². The Morgan fingerprint density at radius 3 is 0.704 bits per heavy atom. The third-order valence-electron chi connectivity index (χ3n) is 2.57. The zero-order valence-corrected chi connectivity index (χ0v) is 13.6. The molecule has 0 aromatic heterocycles. The molecular formula is C12H19NO14. The van der Waals surface area contributed by atoms with Crippen molar-refractivity contribution in [2.24, 2.45) is 0 Å². The summed E-state index contributed by atoms with van der Waals surface area (Å²) in [6.07, 6.45) is -4.58. The van der Waals surface area contributed by atoms with Crippen molar-refractivity contribution < 1.29 is 69.6 Å². The van der Waals surface area contributed by atoms with E-state index in [0.717, 1.165) is 0 Å². The lowest BCUT2D eigenvalue weighted by molar-refractivity contribution is -0.170. The van der Waals surface area contributed by atoms with Gasteiger partial charge in [0.15, 0.2) is 11.2 Å². The van der Waals surface area contributed by atoms with E-state index in [1.165, 1.54) is 0 Å². The van der Waals surface area contributed by atoms with E-state index >= 15 is 0 Å². The van der Waals surface area contributed by atoms with Gasteiger partial charge in [0.2, 0.25) is 0 Å². The molecule has 0 heterocycles. The Morgan fingerprint density at radius 1 is 0.481 bits per heavy atom. The monoisotopic (exact) mass is 401 g/mol. The number of carboxylic acid groups (broad SMARTS) is 6. The van der Waals surface area contributed by atoms with E-state index in [-0.39, 0.29) is 6.15 Å². The van der Waals surface area contributed by atoms with E-state index in [1.807, 2.05) is 0 Å². The van der Waals surface area contributed by atoms with Gasteiger partial charge >= 0.3 is 35.8 Å². The van der Waals surface area contributed by atoms with Crippen LogP contribution in [0.4, 0.5) is 0 Å². The third kappa shape index (κ3) is 11.8. The van der Waals surface area contributed by atoms with Crippen LogP contribution in [-0.2, 0) is 28.8 Å².